The molecule has 2 N–H and O–H groups in total. The molecule has 0 aliphatic carbocycles. The van der Waals surface area contributed by atoms with Gasteiger partial charge in [-0.2, -0.15) is 23.4 Å². The Balaban J connectivity index is 2.10. The Morgan fingerprint density at radius 1 is 1.30 bits per heavy atom. The predicted molar refractivity (Wildman–Crippen MR) is 94.2 cm³/mol. The lowest BCUT2D eigenvalue weighted by atomic mass is 10.3. The maximum absolute atomic E-state index is 12.9. The summed E-state index contributed by atoms with van der Waals surface area (Å²) in [5.41, 5.74) is -0.480. The number of rotatable bonds is 6. The molecule has 0 aromatic carbocycles. The fourth-order valence-electron chi connectivity index (χ4n) is 2.30. The van der Waals surface area contributed by atoms with E-state index in [1.807, 2.05) is 6.92 Å². The highest BCUT2D eigenvalue weighted by Gasteiger charge is 2.37. The molecule has 0 unspecified atom stereocenters. The molecule has 0 fully saturated rings. The van der Waals surface area contributed by atoms with Gasteiger partial charge in [0.1, 0.15) is 0 Å². The van der Waals surface area contributed by atoms with Crippen molar-refractivity contribution in [3.63, 3.8) is 0 Å². The van der Waals surface area contributed by atoms with Crippen LogP contribution in [0.3, 0.4) is 0 Å². The summed E-state index contributed by atoms with van der Waals surface area (Å²) in [4.78, 5) is 24.0. The molecule has 2 heterocycles. The van der Waals surface area contributed by atoms with Crippen LogP contribution in [0.1, 0.15) is 35.2 Å². The molecule has 2 rings (SSSR count). The fraction of sp³-hybridized carbons (Fsp3) is 0.467. The average molecular weight is 451 g/mol. The normalized spacial score (nSPS) is 11.5. The van der Waals surface area contributed by atoms with Gasteiger partial charge in [0.05, 0.1) is 22.4 Å². The summed E-state index contributed by atoms with van der Waals surface area (Å²) in [6.45, 7) is 3.74. The first-order valence-electron chi connectivity index (χ1n) is 7.97. The Labute approximate surface area is 161 Å². The molecule has 0 radical (unpaired) electrons. The number of nitrogens with one attached hydrogen (secondary N) is 2. The van der Waals surface area contributed by atoms with Gasteiger partial charge in [0, 0.05) is 26.2 Å². The molecule has 12 heteroatoms. The first-order valence-corrected chi connectivity index (χ1v) is 8.77. The van der Waals surface area contributed by atoms with Gasteiger partial charge in [0.2, 0.25) is 5.91 Å². The van der Waals surface area contributed by atoms with Gasteiger partial charge in [0.15, 0.2) is 11.4 Å². The number of nitrogens with zero attached hydrogens (tertiary/aromatic N) is 4. The minimum Gasteiger partial charge on any atom is -0.354 e. The smallest absolute Gasteiger partial charge is 0.354 e. The lowest BCUT2D eigenvalue weighted by molar-refractivity contribution is -0.142. The Hall–Kier alpha value is -2.37. The number of aryl methyl sites for hydroxylation is 2. The molecule has 0 saturated carbocycles. The van der Waals surface area contributed by atoms with Crippen LogP contribution in [0.5, 0.6) is 0 Å². The van der Waals surface area contributed by atoms with E-state index < -0.39 is 23.7 Å². The van der Waals surface area contributed by atoms with Gasteiger partial charge in [-0.3, -0.25) is 19.0 Å². The van der Waals surface area contributed by atoms with E-state index >= 15 is 0 Å². The fourth-order valence-corrected chi connectivity index (χ4v) is 2.81. The van der Waals surface area contributed by atoms with Crippen molar-refractivity contribution in [3.05, 3.63) is 27.8 Å². The summed E-state index contributed by atoms with van der Waals surface area (Å²) < 4.78 is 41.1. The quantitative estimate of drug-likeness (QED) is 0.706. The highest BCUT2D eigenvalue weighted by Crippen LogP contribution is 2.35. The average Bonchev–Trinajstić information content (AvgIpc) is 3.14. The summed E-state index contributed by atoms with van der Waals surface area (Å²) in [7, 11) is 1.44. The summed E-state index contributed by atoms with van der Waals surface area (Å²) in [6.07, 6.45) is -3.20. The van der Waals surface area contributed by atoms with E-state index in [2.05, 4.69) is 36.8 Å². The number of aromatic nitrogens is 4. The van der Waals surface area contributed by atoms with Crippen molar-refractivity contribution in [2.45, 2.75) is 39.5 Å². The number of anilines is 1. The molecule has 0 saturated heterocycles. The Morgan fingerprint density at radius 3 is 2.48 bits per heavy atom. The highest BCUT2D eigenvalue weighted by atomic mass is 79.9. The maximum atomic E-state index is 12.9. The van der Waals surface area contributed by atoms with Crippen LogP contribution < -0.4 is 10.6 Å². The van der Waals surface area contributed by atoms with E-state index in [1.165, 1.54) is 24.9 Å². The number of halogens is 4. The topological polar surface area (TPSA) is 93.8 Å². The van der Waals surface area contributed by atoms with Crippen LogP contribution in [0.25, 0.3) is 0 Å². The molecule has 2 aromatic rings. The van der Waals surface area contributed by atoms with Gasteiger partial charge in [-0.05, 0) is 29.8 Å². The molecule has 2 aromatic heterocycles. The second-order valence-electron chi connectivity index (χ2n) is 5.59. The zero-order chi connectivity index (χ0) is 20.4. The lowest BCUT2D eigenvalue weighted by Crippen LogP contribution is -2.22. The van der Waals surface area contributed by atoms with Crippen LogP contribution in [0.2, 0.25) is 0 Å². The first kappa shape index (κ1) is 20.9. The molecule has 0 spiro atoms. The van der Waals surface area contributed by atoms with Crippen molar-refractivity contribution < 1.29 is 22.8 Å². The van der Waals surface area contributed by atoms with Crippen LogP contribution in [-0.2, 0) is 24.1 Å². The number of hydrogen-bond acceptors (Lipinski definition) is 4. The van der Waals surface area contributed by atoms with Gasteiger partial charge in [-0.15, -0.1) is 0 Å². The first-order chi connectivity index (χ1) is 12.6. The standard InChI is InChI=1S/C15H18BrF3N6O2/c1-4-24-7-9(12(22-24)14(27)20-3)21-10(26)5-6-25-8(2)11(16)13(23-25)15(17,18)19/h7H,4-6H2,1-3H3,(H,20,27)(H,21,26). The van der Waals surface area contributed by atoms with E-state index in [-0.39, 0.29) is 34.5 Å². The monoisotopic (exact) mass is 450 g/mol. The van der Waals surface area contributed by atoms with Crippen LogP contribution in [-0.4, -0.2) is 38.4 Å². The van der Waals surface area contributed by atoms with E-state index in [9.17, 15) is 22.8 Å². The van der Waals surface area contributed by atoms with Crippen molar-refractivity contribution in [3.8, 4) is 0 Å². The van der Waals surface area contributed by atoms with E-state index in [4.69, 9.17) is 0 Å². The molecule has 148 valence electrons. The van der Waals surface area contributed by atoms with Gasteiger partial charge in [-0.25, -0.2) is 0 Å². The number of amides is 2. The molecule has 0 aliphatic rings. The van der Waals surface area contributed by atoms with Gasteiger partial charge in [-0.1, -0.05) is 0 Å². The number of hydrogen-bond donors (Lipinski definition) is 2. The van der Waals surface area contributed by atoms with Crippen molar-refractivity contribution in [2.75, 3.05) is 12.4 Å². The van der Waals surface area contributed by atoms with E-state index in [1.54, 1.807) is 0 Å². The molecule has 27 heavy (non-hydrogen) atoms. The Kier molecular flexibility index (Phi) is 6.29. The minimum absolute atomic E-state index is 0.0520. The van der Waals surface area contributed by atoms with Crippen LogP contribution >= 0.6 is 15.9 Å². The second kappa shape index (κ2) is 8.11. The predicted octanol–water partition coefficient (Wildman–Crippen LogP) is 2.58. The van der Waals surface area contributed by atoms with Crippen LogP contribution in [0.15, 0.2) is 10.7 Å². The third-order valence-electron chi connectivity index (χ3n) is 3.75. The lowest BCUT2D eigenvalue weighted by Gasteiger charge is -2.06. The van der Waals surface area contributed by atoms with Gasteiger partial charge in [0.25, 0.3) is 5.91 Å². The minimum atomic E-state index is -4.59. The number of carbonyl (C=O) groups is 2. The molecule has 0 aliphatic heterocycles. The summed E-state index contributed by atoms with van der Waals surface area (Å²) in [5.74, 6) is -0.936. The van der Waals surface area contributed by atoms with Crippen molar-refractivity contribution in [1.29, 1.82) is 0 Å². The van der Waals surface area contributed by atoms with Crippen molar-refractivity contribution in [2.24, 2.45) is 0 Å². The van der Waals surface area contributed by atoms with Crippen molar-refractivity contribution >= 4 is 33.4 Å². The molecule has 2 amide bonds. The van der Waals surface area contributed by atoms with E-state index in [0.717, 1.165) is 4.68 Å². The molecule has 0 atom stereocenters. The number of carbonyl (C=O) groups excluding carboxylic acids is 2. The third kappa shape index (κ3) is 4.67. The summed E-state index contributed by atoms with van der Waals surface area (Å²) in [6, 6.07) is 0. The Morgan fingerprint density at radius 2 is 1.96 bits per heavy atom. The molecule has 8 nitrogen and oxygen atoms in total. The van der Waals surface area contributed by atoms with E-state index in [0.29, 0.717) is 6.54 Å². The number of alkyl halides is 3. The molecular formula is C15H18BrF3N6O2. The summed E-state index contributed by atoms with van der Waals surface area (Å²) >= 11 is 2.88. The molecular weight excluding hydrogens is 433 g/mol. The second-order valence-corrected chi connectivity index (χ2v) is 6.39. The maximum Gasteiger partial charge on any atom is 0.436 e. The SMILES string of the molecule is CCn1cc(NC(=O)CCn2nc(C(F)(F)F)c(Br)c2C)c(C(=O)NC)n1. The van der Waals surface area contributed by atoms with Gasteiger partial charge >= 0.3 is 6.18 Å². The summed E-state index contributed by atoms with van der Waals surface area (Å²) in [5, 5.41) is 12.6. The largest absolute Gasteiger partial charge is 0.436 e. The van der Waals surface area contributed by atoms with Gasteiger partial charge < -0.3 is 10.6 Å². The van der Waals surface area contributed by atoms with Crippen LogP contribution in [0.4, 0.5) is 18.9 Å². The Bertz CT molecular complexity index is 859. The van der Waals surface area contributed by atoms with Crippen molar-refractivity contribution in [1.82, 2.24) is 24.9 Å². The molecule has 0 bridgehead atoms. The zero-order valence-corrected chi connectivity index (χ0v) is 16.4. The van der Waals surface area contributed by atoms with Crippen LogP contribution in [0, 0.1) is 6.92 Å². The highest BCUT2D eigenvalue weighted by molar-refractivity contribution is 9.10. The third-order valence-corrected chi connectivity index (χ3v) is 4.70. The zero-order valence-electron chi connectivity index (χ0n) is 14.8.